The van der Waals surface area contributed by atoms with Crippen molar-refractivity contribution in [2.75, 3.05) is 13.1 Å². The van der Waals surface area contributed by atoms with E-state index in [1.54, 1.807) is 29.2 Å². The van der Waals surface area contributed by atoms with Gasteiger partial charge in [-0.2, -0.15) is 15.0 Å². The predicted molar refractivity (Wildman–Crippen MR) is 107 cm³/mol. The molecule has 8 heteroatoms. The Labute approximate surface area is 177 Å². The molecule has 2 fully saturated rings. The van der Waals surface area contributed by atoms with Crippen LogP contribution in [0.2, 0.25) is 0 Å². The van der Waals surface area contributed by atoms with Gasteiger partial charge in [0.15, 0.2) is 5.60 Å². The van der Waals surface area contributed by atoms with Crippen molar-refractivity contribution in [1.29, 1.82) is 0 Å². The molecule has 6 rings (SSSR count). The maximum Gasteiger partial charge on any atom is 0.339 e. The Kier molecular flexibility index (Phi) is 3.66. The summed E-state index contributed by atoms with van der Waals surface area (Å²) in [6.07, 6.45) is 4.79. The second kappa shape index (κ2) is 6.23. The number of amides is 1. The summed E-state index contributed by atoms with van der Waals surface area (Å²) in [6, 6.07) is 12.1. The normalized spacial score (nSPS) is 23.1. The van der Waals surface area contributed by atoms with Crippen LogP contribution in [0.15, 0.2) is 54.9 Å². The quantitative estimate of drug-likeness (QED) is 0.612. The van der Waals surface area contributed by atoms with Crippen LogP contribution in [0.25, 0.3) is 5.69 Å². The van der Waals surface area contributed by atoms with Gasteiger partial charge in [0.2, 0.25) is 5.91 Å². The smallest absolute Gasteiger partial charge is 0.339 e. The van der Waals surface area contributed by atoms with Crippen LogP contribution in [-0.4, -0.2) is 44.9 Å². The van der Waals surface area contributed by atoms with Crippen LogP contribution in [0.3, 0.4) is 0 Å². The Balaban J connectivity index is 1.28. The van der Waals surface area contributed by atoms with Gasteiger partial charge in [-0.3, -0.25) is 4.79 Å². The SMILES string of the molecule is O=C1O[C@]2(CCN(C(=O)C3(c4ccc(-n5nccn5)cc4F)CC3)C2)c2ccccc21. The fourth-order valence-electron chi connectivity index (χ4n) is 5.00. The van der Waals surface area contributed by atoms with Gasteiger partial charge in [-0.05, 0) is 25.0 Å². The highest BCUT2D eigenvalue weighted by Crippen LogP contribution is 2.52. The third-order valence-electron chi connectivity index (χ3n) is 6.72. The van der Waals surface area contributed by atoms with Crippen molar-refractivity contribution in [3.05, 3.63) is 77.4 Å². The highest BCUT2D eigenvalue weighted by atomic mass is 19.1. The fraction of sp³-hybridized carbons (Fsp3) is 0.304. The minimum Gasteiger partial charge on any atom is -0.449 e. The highest BCUT2D eigenvalue weighted by molar-refractivity contribution is 5.96. The Morgan fingerprint density at radius 3 is 2.55 bits per heavy atom. The standard InChI is InChI=1S/C23H19FN4O3/c24-19-13-15(28-25-10-11-26-28)5-6-18(19)22(7-8-22)21(30)27-12-9-23(14-27)17-4-2-1-3-16(17)20(29)31-23/h1-6,10-11,13H,7-9,12,14H2/t23-/m0/s1. The van der Waals surface area contributed by atoms with Gasteiger partial charge in [0.1, 0.15) is 5.82 Å². The third-order valence-corrected chi connectivity index (χ3v) is 6.72. The number of likely N-dealkylation sites (tertiary alicyclic amines) is 1. The van der Waals surface area contributed by atoms with E-state index in [2.05, 4.69) is 10.2 Å². The van der Waals surface area contributed by atoms with E-state index in [9.17, 15) is 9.59 Å². The summed E-state index contributed by atoms with van der Waals surface area (Å²) in [7, 11) is 0. The van der Waals surface area contributed by atoms with Crippen LogP contribution in [0.5, 0.6) is 0 Å². The molecule has 1 amide bonds. The lowest BCUT2D eigenvalue weighted by Gasteiger charge is -2.27. The molecule has 0 N–H and O–H groups in total. The minimum atomic E-state index is -0.853. The highest BCUT2D eigenvalue weighted by Gasteiger charge is 2.58. The summed E-state index contributed by atoms with van der Waals surface area (Å²) >= 11 is 0. The molecule has 1 aromatic heterocycles. The van der Waals surface area contributed by atoms with E-state index in [4.69, 9.17) is 4.74 Å². The second-order valence-corrected chi connectivity index (χ2v) is 8.47. The number of esters is 1. The minimum absolute atomic E-state index is 0.103. The average molecular weight is 418 g/mol. The van der Waals surface area contributed by atoms with Crippen LogP contribution >= 0.6 is 0 Å². The first-order valence-electron chi connectivity index (χ1n) is 10.3. The summed E-state index contributed by atoms with van der Waals surface area (Å²) in [5.74, 6) is -0.888. The fourth-order valence-corrected chi connectivity index (χ4v) is 5.00. The van der Waals surface area contributed by atoms with Gasteiger partial charge in [0.05, 0.1) is 35.6 Å². The van der Waals surface area contributed by atoms with E-state index < -0.39 is 16.8 Å². The Morgan fingerprint density at radius 2 is 1.81 bits per heavy atom. The number of nitrogens with zero attached hydrogens (tertiary/aromatic N) is 4. The molecule has 1 aliphatic carbocycles. The maximum absolute atomic E-state index is 15.1. The van der Waals surface area contributed by atoms with Crippen LogP contribution < -0.4 is 0 Å². The molecule has 1 saturated heterocycles. The monoisotopic (exact) mass is 418 g/mol. The van der Waals surface area contributed by atoms with Crippen molar-refractivity contribution < 1.29 is 18.7 Å². The van der Waals surface area contributed by atoms with E-state index in [0.29, 0.717) is 49.2 Å². The molecule has 0 bridgehead atoms. The number of halogens is 1. The lowest BCUT2D eigenvalue weighted by Crippen LogP contribution is -2.40. The summed E-state index contributed by atoms with van der Waals surface area (Å²) in [5, 5.41) is 8.04. The molecule has 2 aliphatic heterocycles. The van der Waals surface area contributed by atoms with Gasteiger partial charge in [0, 0.05) is 30.2 Å². The van der Waals surface area contributed by atoms with Crippen molar-refractivity contribution in [2.45, 2.75) is 30.3 Å². The number of hydrogen-bond acceptors (Lipinski definition) is 5. The van der Waals surface area contributed by atoms with Gasteiger partial charge in [0.25, 0.3) is 0 Å². The third kappa shape index (κ3) is 2.57. The molecule has 7 nitrogen and oxygen atoms in total. The van der Waals surface area contributed by atoms with Crippen LogP contribution in [0, 0.1) is 5.82 Å². The molecule has 0 unspecified atom stereocenters. The zero-order chi connectivity index (χ0) is 21.2. The zero-order valence-electron chi connectivity index (χ0n) is 16.6. The number of benzene rings is 2. The molecule has 1 atom stereocenters. The van der Waals surface area contributed by atoms with E-state index in [0.717, 1.165) is 5.56 Å². The van der Waals surface area contributed by atoms with Crippen LogP contribution in [-0.2, 0) is 20.5 Å². The maximum atomic E-state index is 15.1. The van der Waals surface area contributed by atoms with Crippen molar-refractivity contribution in [3.8, 4) is 5.69 Å². The molecule has 1 spiro atoms. The lowest BCUT2D eigenvalue weighted by atomic mass is 9.91. The first-order chi connectivity index (χ1) is 15.0. The molecule has 3 aliphatic rings. The van der Waals surface area contributed by atoms with Gasteiger partial charge in [-0.15, -0.1) is 0 Å². The molecule has 0 radical (unpaired) electrons. The van der Waals surface area contributed by atoms with Crippen molar-refractivity contribution >= 4 is 11.9 Å². The Bertz CT molecular complexity index is 1220. The van der Waals surface area contributed by atoms with E-state index in [1.807, 2.05) is 12.1 Å². The van der Waals surface area contributed by atoms with Crippen LogP contribution in [0.1, 0.15) is 40.7 Å². The van der Waals surface area contributed by atoms with Crippen molar-refractivity contribution in [1.82, 2.24) is 19.9 Å². The number of ether oxygens (including phenoxy) is 1. The van der Waals surface area contributed by atoms with Gasteiger partial charge in [-0.1, -0.05) is 24.3 Å². The molecule has 3 heterocycles. The van der Waals surface area contributed by atoms with Crippen LogP contribution in [0.4, 0.5) is 4.39 Å². The van der Waals surface area contributed by atoms with Crippen molar-refractivity contribution in [2.24, 2.45) is 0 Å². The lowest BCUT2D eigenvalue weighted by molar-refractivity contribution is -0.134. The first kappa shape index (κ1) is 18.2. The van der Waals surface area contributed by atoms with E-state index in [-0.39, 0.29) is 11.9 Å². The summed E-state index contributed by atoms with van der Waals surface area (Å²) in [4.78, 5) is 28.9. The summed E-state index contributed by atoms with van der Waals surface area (Å²) < 4.78 is 20.8. The topological polar surface area (TPSA) is 77.3 Å². The van der Waals surface area contributed by atoms with Gasteiger partial charge >= 0.3 is 5.97 Å². The summed E-state index contributed by atoms with van der Waals surface area (Å²) in [5.41, 5.74) is 0.651. The molecule has 31 heavy (non-hydrogen) atoms. The first-order valence-corrected chi connectivity index (χ1v) is 10.3. The number of carbonyl (C=O) groups excluding carboxylic acids is 2. The molecular weight excluding hydrogens is 399 g/mol. The molecule has 156 valence electrons. The molecular formula is C23H19FN4O3. The van der Waals surface area contributed by atoms with Gasteiger partial charge < -0.3 is 9.64 Å². The number of hydrogen-bond donors (Lipinski definition) is 0. The molecule has 1 saturated carbocycles. The molecule has 3 aromatic rings. The van der Waals surface area contributed by atoms with Gasteiger partial charge in [-0.25, -0.2) is 9.18 Å². The Morgan fingerprint density at radius 1 is 1.03 bits per heavy atom. The largest absolute Gasteiger partial charge is 0.449 e. The summed E-state index contributed by atoms with van der Waals surface area (Å²) in [6.45, 7) is 0.770. The number of carbonyl (C=O) groups is 2. The van der Waals surface area contributed by atoms with E-state index >= 15 is 4.39 Å². The Hall–Kier alpha value is -3.55. The molecule has 2 aromatic carbocycles. The number of aromatic nitrogens is 3. The number of fused-ring (bicyclic) bond motifs is 2. The average Bonchev–Trinajstić information content (AvgIpc) is 3.13. The number of rotatable bonds is 3. The second-order valence-electron chi connectivity index (χ2n) is 8.47. The van der Waals surface area contributed by atoms with Crippen molar-refractivity contribution in [3.63, 3.8) is 0 Å². The zero-order valence-corrected chi connectivity index (χ0v) is 16.6. The van der Waals surface area contributed by atoms with E-state index in [1.165, 1.54) is 23.3 Å². The predicted octanol–water partition coefficient (Wildman–Crippen LogP) is 2.74.